The smallest absolute Gasteiger partial charge is 0.302 e. The van der Waals surface area contributed by atoms with Crippen LogP contribution in [0.15, 0.2) is 0 Å². The molecule has 7 heteroatoms. The van der Waals surface area contributed by atoms with Crippen molar-refractivity contribution in [1.82, 2.24) is 0 Å². The fourth-order valence-corrected chi connectivity index (χ4v) is 13.3. The first kappa shape index (κ1) is 25.9. The normalized spacial score (nSPS) is 65.1. The third-order valence-corrected chi connectivity index (χ3v) is 15.0. The molecule has 0 aromatic carbocycles. The number of carbonyl (C=O) groups is 1. The summed E-state index contributed by atoms with van der Waals surface area (Å²) in [6.45, 7) is 15.3. The number of aliphatic hydroxyl groups excluding tert-OH is 2. The van der Waals surface area contributed by atoms with Crippen molar-refractivity contribution in [3.05, 3.63) is 0 Å². The molecule has 7 nitrogen and oxygen atoms in total. The van der Waals surface area contributed by atoms with Gasteiger partial charge in [-0.25, -0.2) is 0 Å². The predicted octanol–water partition coefficient (Wildman–Crippen LogP) is 4.57. The van der Waals surface area contributed by atoms with Crippen LogP contribution < -0.4 is 0 Å². The zero-order valence-corrected chi connectivity index (χ0v) is 24.8. The molecule has 5 aliphatic carbocycles. The van der Waals surface area contributed by atoms with Crippen molar-refractivity contribution < 1.29 is 34.0 Å². The zero-order valence-electron chi connectivity index (χ0n) is 24.8. The first-order valence-electron chi connectivity index (χ1n) is 15.7. The van der Waals surface area contributed by atoms with Gasteiger partial charge in [0.1, 0.15) is 17.8 Å². The largest absolute Gasteiger partial charge is 0.462 e. The number of fused-ring (bicyclic) bond motifs is 6. The molecule has 15 atom stereocenters. The molecule has 0 aromatic heterocycles. The summed E-state index contributed by atoms with van der Waals surface area (Å²) in [7, 11) is 0. The van der Waals surface area contributed by atoms with E-state index in [1.807, 2.05) is 6.92 Å². The predicted molar refractivity (Wildman–Crippen MR) is 141 cm³/mol. The van der Waals surface area contributed by atoms with E-state index in [-0.39, 0.29) is 69.3 Å². The van der Waals surface area contributed by atoms with E-state index in [1.165, 1.54) is 19.3 Å². The Kier molecular flexibility index (Phi) is 4.70. The fourth-order valence-electron chi connectivity index (χ4n) is 13.3. The second-order valence-corrected chi connectivity index (χ2v) is 16.6. The van der Waals surface area contributed by atoms with Crippen molar-refractivity contribution in [3.63, 3.8) is 0 Å². The number of hydrogen-bond donors (Lipinski definition) is 2. The van der Waals surface area contributed by atoms with E-state index < -0.39 is 17.7 Å². The molecule has 218 valence electrons. The number of carbonyl (C=O) groups excluding carboxylic acids is 1. The summed E-state index contributed by atoms with van der Waals surface area (Å²) < 4.78 is 25.6. The SMILES string of the molecule is CC(=O)O[C@@H]1C[C@@]23C[C@@]24CC[C@H](O)C(C)(C)[C@@H]4CC[C@H]3[C@]2(C)C[C@@H]3O[C@]4(C[C@@H](C)[C@@H]3[C@@]12C)O[C@H](O)[C@@]1(C)O[C@@H]41. The van der Waals surface area contributed by atoms with Crippen LogP contribution in [0.25, 0.3) is 0 Å². The maximum Gasteiger partial charge on any atom is 0.302 e. The van der Waals surface area contributed by atoms with Gasteiger partial charge in [0, 0.05) is 18.8 Å². The van der Waals surface area contributed by atoms with Crippen LogP contribution in [0, 0.1) is 50.7 Å². The molecule has 8 fully saturated rings. The highest BCUT2D eigenvalue weighted by Crippen LogP contribution is 2.89. The molecule has 5 saturated carbocycles. The standard InChI is InChI=1S/C32H48O7/c1-16-12-32(24-29(7,38-24)25(35)39-32)37-18-13-27(5)20-9-8-19-26(3,4)21(34)10-11-30(19)15-31(20,30)14-22(36-17(2)33)28(27,6)23(16)18/h16,18-25,34-35H,8-15H2,1-7H3/t16-,18+,19+,20+,21+,22-,23+,24-,25+,27+,28-,29+,30-,31+,32-/m1/s1. The summed E-state index contributed by atoms with van der Waals surface area (Å²) in [6, 6.07) is 0. The van der Waals surface area contributed by atoms with Crippen molar-refractivity contribution in [2.45, 2.75) is 142 Å². The van der Waals surface area contributed by atoms with E-state index in [0.717, 1.165) is 25.7 Å². The quantitative estimate of drug-likeness (QED) is 0.369. The van der Waals surface area contributed by atoms with Gasteiger partial charge in [0.15, 0.2) is 6.29 Å². The summed E-state index contributed by atoms with van der Waals surface area (Å²) in [5.74, 6) is 0.475. The molecule has 39 heavy (non-hydrogen) atoms. The lowest BCUT2D eigenvalue weighted by Crippen LogP contribution is -2.63. The van der Waals surface area contributed by atoms with Gasteiger partial charge in [0.25, 0.3) is 0 Å². The number of rotatable bonds is 1. The van der Waals surface area contributed by atoms with E-state index in [9.17, 15) is 15.0 Å². The van der Waals surface area contributed by atoms with Gasteiger partial charge in [-0.1, -0.05) is 34.6 Å². The molecule has 3 saturated heterocycles. The van der Waals surface area contributed by atoms with Crippen molar-refractivity contribution in [2.24, 2.45) is 50.7 Å². The van der Waals surface area contributed by atoms with E-state index in [0.29, 0.717) is 18.3 Å². The first-order valence-corrected chi connectivity index (χ1v) is 15.7. The molecule has 3 aliphatic heterocycles. The van der Waals surface area contributed by atoms with Gasteiger partial charge in [-0.2, -0.15) is 0 Å². The molecular weight excluding hydrogens is 496 g/mol. The second-order valence-electron chi connectivity index (χ2n) is 16.6. The molecular formula is C32H48O7. The van der Waals surface area contributed by atoms with Crippen LogP contribution >= 0.6 is 0 Å². The minimum absolute atomic E-state index is 0.0345. The Morgan fingerprint density at radius 1 is 0.897 bits per heavy atom. The Labute approximate surface area is 232 Å². The molecule has 0 radical (unpaired) electrons. The summed E-state index contributed by atoms with van der Waals surface area (Å²) in [5.41, 5.74) is -0.630. The summed E-state index contributed by atoms with van der Waals surface area (Å²) >= 11 is 0. The molecule has 0 aromatic rings. The first-order chi connectivity index (χ1) is 18.1. The van der Waals surface area contributed by atoms with Crippen LogP contribution in [-0.4, -0.2) is 58.3 Å². The van der Waals surface area contributed by atoms with E-state index >= 15 is 0 Å². The van der Waals surface area contributed by atoms with Crippen LogP contribution in [0.1, 0.15) is 99.8 Å². The zero-order chi connectivity index (χ0) is 27.8. The third kappa shape index (κ3) is 2.65. The molecule has 3 heterocycles. The highest BCUT2D eigenvalue weighted by molar-refractivity contribution is 5.66. The highest BCUT2D eigenvalue weighted by Gasteiger charge is 2.86. The number of ether oxygens (including phenoxy) is 4. The van der Waals surface area contributed by atoms with Crippen molar-refractivity contribution >= 4 is 5.97 Å². The van der Waals surface area contributed by atoms with Crippen LogP contribution in [0.5, 0.6) is 0 Å². The molecule has 8 aliphatic rings. The Morgan fingerprint density at radius 3 is 2.26 bits per heavy atom. The van der Waals surface area contributed by atoms with Gasteiger partial charge in [-0.3, -0.25) is 4.79 Å². The van der Waals surface area contributed by atoms with Gasteiger partial charge in [0.05, 0.1) is 12.2 Å². The minimum atomic E-state index is -0.968. The minimum Gasteiger partial charge on any atom is -0.462 e. The maximum absolute atomic E-state index is 12.7. The van der Waals surface area contributed by atoms with Crippen molar-refractivity contribution in [3.8, 4) is 0 Å². The molecule has 0 amide bonds. The lowest BCUT2D eigenvalue weighted by Gasteiger charge is -2.65. The number of hydrogen-bond acceptors (Lipinski definition) is 7. The molecule has 2 N–H and O–H groups in total. The van der Waals surface area contributed by atoms with Gasteiger partial charge in [0.2, 0.25) is 5.79 Å². The van der Waals surface area contributed by atoms with Gasteiger partial charge >= 0.3 is 5.97 Å². The fraction of sp³-hybridized carbons (Fsp3) is 0.969. The van der Waals surface area contributed by atoms with E-state index in [1.54, 1.807) is 6.92 Å². The van der Waals surface area contributed by atoms with Crippen LogP contribution in [0.3, 0.4) is 0 Å². The third-order valence-electron chi connectivity index (χ3n) is 15.0. The lowest BCUT2D eigenvalue weighted by molar-refractivity contribution is -0.346. The van der Waals surface area contributed by atoms with Crippen LogP contribution in [-0.2, 0) is 23.7 Å². The topological polar surface area (TPSA) is 97.8 Å². The maximum atomic E-state index is 12.7. The molecule has 8 rings (SSSR count). The number of esters is 1. The average molecular weight is 545 g/mol. The van der Waals surface area contributed by atoms with Crippen molar-refractivity contribution in [1.29, 1.82) is 0 Å². The lowest BCUT2D eigenvalue weighted by atomic mass is 9.41. The number of epoxide rings is 1. The summed E-state index contributed by atoms with van der Waals surface area (Å²) in [5, 5.41) is 21.7. The Hall–Kier alpha value is -0.730. The monoisotopic (exact) mass is 544 g/mol. The summed E-state index contributed by atoms with van der Waals surface area (Å²) in [6.07, 6.45) is 6.39. The second kappa shape index (κ2) is 7.07. The Morgan fingerprint density at radius 2 is 1.62 bits per heavy atom. The van der Waals surface area contributed by atoms with Crippen molar-refractivity contribution in [2.75, 3.05) is 0 Å². The van der Waals surface area contributed by atoms with Crippen LogP contribution in [0.4, 0.5) is 0 Å². The number of aliphatic hydroxyl groups is 2. The molecule has 3 spiro atoms. The van der Waals surface area contributed by atoms with Gasteiger partial charge in [-0.15, -0.1) is 0 Å². The van der Waals surface area contributed by atoms with E-state index in [2.05, 4.69) is 34.6 Å². The van der Waals surface area contributed by atoms with E-state index in [4.69, 9.17) is 18.9 Å². The summed E-state index contributed by atoms with van der Waals surface area (Å²) in [4.78, 5) is 12.7. The molecule has 0 unspecified atom stereocenters. The van der Waals surface area contributed by atoms with Gasteiger partial charge < -0.3 is 29.2 Å². The van der Waals surface area contributed by atoms with Crippen LogP contribution in [0.2, 0.25) is 0 Å². The average Bonchev–Trinajstić information content (AvgIpc) is 3.67. The Balaban J connectivity index is 1.21. The Bertz CT molecular complexity index is 1140. The molecule has 0 bridgehead atoms. The van der Waals surface area contributed by atoms with Gasteiger partial charge in [-0.05, 0) is 97.2 Å². The highest BCUT2D eigenvalue weighted by atomic mass is 16.8.